The Balaban J connectivity index is 1.46. The summed E-state index contributed by atoms with van der Waals surface area (Å²) in [5.41, 5.74) is 1.93. The highest BCUT2D eigenvalue weighted by Gasteiger charge is 2.18. The molecule has 1 aliphatic rings. The molecule has 134 valence electrons. The zero-order valence-electron chi connectivity index (χ0n) is 14.3. The van der Waals surface area contributed by atoms with Crippen molar-refractivity contribution in [2.75, 3.05) is 31.1 Å². The van der Waals surface area contributed by atoms with E-state index in [1.807, 2.05) is 12.1 Å². The van der Waals surface area contributed by atoms with Gasteiger partial charge in [-0.05, 0) is 36.4 Å². The molecule has 0 unspecified atom stereocenters. The minimum Gasteiger partial charge on any atom is -0.508 e. The van der Waals surface area contributed by atoms with E-state index in [1.54, 1.807) is 30.3 Å². The Bertz CT molecular complexity index is 977. The second-order valence-corrected chi connectivity index (χ2v) is 6.60. The quantitative estimate of drug-likeness (QED) is 0.760. The number of hydrogen-bond donors (Lipinski definition) is 2. The molecule has 5 nitrogen and oxygen atoms in total. The standard InChI is InChI=1S/C20H20FN3O2/c21-18-3-1-2-17-19(26)12-14(22-20(17)18)13-23-8-10-24(11-9-23)15-4-6-16(25)7-5-15/h1-7,12,25H,8-11,13H2,(H,22,26). The number of hydrogen-bond acceptors (Lipinski definition) is 4. The van der Waals surface area contributed by atoms with Crippen LogP contribution in [0.5, 0.6) is 5.75 Å². The van der Waals surface area contributed by atoms with Crippen molar-refractivity contribution in [3.63, 3.8) is 0 Å². The Morgan fingerprint density at radius 3 is 2.50 bits per heavy atom. The number of nitrogens with one attached hydrogen (secondary N) is 1. The van der Waals surface area contributed by atoms with Crippen LogP contribution in [0.1, 0.15) is 5.69 Å². The number of fused-ring (bicyclic) bond motifs is 1. The van der Waals surface area contributed by atoms with Crippen LogP contribution in [-0.4, -0.2) is 41.2 Å². The molecule has 1 aliphatic heterocycles. The van der Waals surface area contributed by atoms with Crippen LogP contribution in [0.15, 0.2) is 53.3 Å². The van der Waals surface area contributed by atoms with E-state index >= 15 is 0 Å². The topological polar surface area (TPSA) is 59.6 Å². The largest absolute Gasteiger partial charge is 0.508 e. The summed E-state index contributed by atoms with van der Waals surface area (Å²) in [6.07, 6.45) is 0. The van der Waals surface area contributed by atoms with E-state index in [-0.39, 0.29) is 16.7 Å². The van der Waals surface area contributed by atoms with Gasteiger partial charge in [0.1, 0.15) is 11.6 Å². The number of aromatic nitrogens is 1. The van der Waals surface area contributed by atoms with Crippen LogP contribution in [-0.2, 0) is 6.54 Å². The summed E-state index contributed by atoms with van der Waals surface area (Å²) in [6.45, 7) is 3.99. The van der Waals surface area contributed by atoms with E-state index in [4.69, 9.17) is 0 Å². The van der Waals surface area contributed by atoms with Gasteiger partial charge in [-0.1, -0.05) is 6.07 Å². The third kappa shape index (κ3) is 3.28. The first-order chi connectivity index (χ1) is 12.6. The van der Waals surface area contributed by atoms with Crippen molar-refractivity contribution in [1.82, 2.24) is 9.88 Å². The highest BCUT2D eigenvalue weighted by Crippen LogP contribution is 2.20. The Labute approximate surface area is 150 Å². The van der Waals surface area contributed by atoms with Crippen LogP contribution >= 0.6 is 0 Å². The summed E-state index contributed by atoms with van der Waals surface area (Å²) in [6, 6.07) is 13.3. The number of aromatic amines is 1. The number of piperazine rings is 1. The fourth-order valence-electron chi connectivity index (χ4n) is 3.44. The van der Waals surface area contributed by atoms with Gasteiger partial charge in [0.2, 0.25) is 0 Å². The van der Waals surface area contributed by atoms with Gasteiger partial charge in [0.05, 0.1) is 5.52 Å². The molecule has 0 saturated carbocycles. The fourth-order valence-corrected chi connectivity index (χ4v) is 3.44. The molecule has 1 fully saturated rings. The number of benzene rings is 2. The van der Waals surface area contributed by atoms with Crippen molar-refractivity contribution in [3.8, 4) is 5.75 Å². The first-order valence-electron chi connectivity index (χ1n) is 8.67. The maximum atomic E-state index is 14.0. The summed E-state index contributed by atoms with van der Waals surface area (Å²) in [5.74, 6) is -0.140. The number of H-pyrrole nitrogens is 1. The number of para-hydroxylation sites is 1. The van der Waals surface area contributed by atoms with E-state index in [9.17, 15) is 14.3 Å². The molecule has 1 saturated heterocycles. The summed E-state index contributed by atoms with van der Waals surface area (Å²) < 4.78 is 14.0. The Hall–Kier alpha value is -2.86. The van der Waals surface area contributed by atoms with E-state index in [0.717, 1.165) is 37.6 Å². The summed E-state index contributed by atoms with van der Waals surface area (Å²) in [7, 11) is 0. The average molecular weight is 353 g/mol. The van der Waals surface area contributed by atoms with Gasteiger partial charge >= 0.3 is 0 Å². The van der Waals surface area contributed by atoms with E-state index in [1.165, 1.54) is 6.07 Å². The van der Waals surface area contributed by atoms with Crippen LogP contribution in [0.3, 0.4) is 0 Å². The molecule has 0 bridgehead atoms. The first kappa shape index (κ1) is 16.6. The van der Waals surface area contributed by atoms with Crippen LogP contribution < -0.4 is 10.3 Å². The molecule has 2 aromatic carbocycles. The molecule has 26 heavy (non-hydrogen) atoms. The molecule has 2 heterocycles. The van der Waals surface area contributed by atoms with E-state index in [2.05, 4.69) is 14.8 Å². The molecule has 0 amide bonds. The van der Waals surface area contributed by atoms with Crippen LogP contribution in [0.4, 0.5) is 10.1 Å². The molecule has 4 rings (SSSR count). The Morgan fingerprint density at radius 1 is 1.04 bits per heavy atom. The lowest BCUT2D eigenvalue weighted by molar-refractivity contribution is 0.247. The van der Waals surface area contributed by atoms with Crippen LogP contribution in [0, 0.1) is 5.82 Å². The second kappa shape index (κ2) is 6.80. The lowest BCUT2D eigenvalue weighted by Crippen LogP contribution is -2.46. The second-order valence-electron chi connectivity index (χ2n) is 6.60. The lowest BCUT2D eigenvalue weighted by atomic mass is 10.1. The molecule has 0 aliphatic carbocycles. The molecule has 6 heteroatoms. The molecular weight excluding hydrogens is 333 g/mol. The summed E-state index contributed by atoms with van der Waals surface area (Å²) >= 11 is 0. The fraction of sp³-hybridized carbons (Fsp3) is 0.250. The predicted octanol–water partition coefficient (Wildman–Crippen LogP) is 2.70. The van der Waals surface area contributed by atoms with Gasteiger partial charge in [-0.15, -0.1) is 0 Å². The molecule has 0 atom stereocenters. The third-order valence-electron chi connectivity index (χ3n) is 4.85. The van der Waals surface area contributed by atoms with Gasteiger partial charge in [0, 0.05) is 55.6 Å². The lowest BCUT2D eigenvalue weighted by Gasteiger charge is -2.36. The minimum absolute atomic E-state index is 0.157. The normalized spacial score (nSPS) is 15.5. The average Bonchev–Trinajstić information content (AvgIpc) is 2.64. The number of aromatic hydroxyl groups is 1. The number of anilines is 1. The summed E-state index contributed by atoms with van der Waals surface area (Å²) in [5, 5.41) is 9.78. The van der Waals surface area contributed by atoms with Crippen molar-refractivity contribution in [2.45, 2.75) is 6.54 Å². The predicted molar refractivity (Wildman–Crippen MR) is 100 cm³/mol. The number of rotatable bonds is 3. The van der Waals surface area contributed by atoms with Crippen molar-refractivity contribution < 1.29 is 9.50 Å². The van der Waals surface area contributed by atoms with Gasteiger partial charge in [-0.25, -0.2) is 4.39 Å². The SMILES string of the molecule is O=c1cc(CN2CCN(c3ccc(O)cc3)CC2)[nH]c2c(F)cccc12. The van der Waals surface area contributed by atoms with Gasteiger partial charge in [0.15, 0.2) is 5.43 Å². The zero-order chi connectivity index (χ0) is 18.1. The zero-order valence-corrected chi connectivity index (χ0v) is 14.3. The van der Waals surface area contributed by atoms with Crippen molar-refractivity contribution in [2.24, 2.45) is 0 Å². The molecule has 0 radical (unpaired) electrons. The van der Waals surface area contributed by atoms with E-state index < -0.39 is 5.82 Å². The monoisotopic (exact) mass is 353 g/mol. The van der Waals surface area contributed by atoms with Gasteiger partial charge < -0.3 is 15.0 Å². The van der Waals surface area contributed by atoms with E-state index in [0.29, 0.717) is 11.9 Å². The third-order valence-corrected chi connectivity index (χ3v) is 4.85. The van der Waals surface area contributed by atoms with Crippen LogP contribution in [0.2, 0.25) is 0 Å². The summed E-state index contributed by atoms with van der Waals surface area (Å²) in [4.78, 5) is 19.8. The van der Waals surface area contributed by atoms with Gasteiger partial charge in [0.25, 0.3) is 0 Å². The number of phenols is 1. The van der Waals surface area contributed by atoms with Crippen molar-refractivity contribution >= 4 is 16.6 Å². The molecule has 3 aromatic rings. The Morgan fingerprint density at radius 2 is 1.77 bits per heavy atom. The van der Waals surface area contributed by atoms with Gasteiger partial charge in [-0.2, -0.15) is 0 Å². The number of pyridine rings is 1. The smallest absolute Gasteiger partial charge is 0.189 e. The number of halogens is 1. The highest BCUT2D eigenvalue weighted by atomic mass is 19.1. The first-order valence-corrected chi connectivity index (χ1v) is 8.67. The molecular formula is C20H20FN3O2. The number of nitrogens with zero attached hydrogens (tertiary/aromatic N) is 2. The maximum Gasteiger partial charge on any atom is 0.189 e. The van der Waals surface area contributed by atoms with Crippen molar-refractivity contribution in [3.05, 3.63) is 70.3 Å². The van der Waals surface area contributed by atoms with Crippen molar-refractivity contribution in [1.29, 1.82) is 0 Å². The molecule has 0 spiro atoms. The molecule has 1 aromatic heterocycles. The molecule has 2 N–H and O–H groups in total. The number of phenolic OH excluding ortho intramolecular Hbond substituents is 1. The van der Waals surface area contributed by atoms with Crippen LogP contribution in [0.25, 0.3) is 10.9 Å². The highest BCUT2D eigenvalue weighted by molar-refractivity contribution is 5.78. The minimum atomic E-state index is -0.404. The Kier molecular flexibility index (Phi) is 4.34. The maximum absolute atomic E-state index is 14.0. The van der Waals surface area contributed by atoms with Gasteiger partial charge in [-0.3, -0.25) is 9.69 Å².